The molecule has 1 aromatic carbocycles. The first-order chi connectivity index (χ1) is 14.4. The number of para-hydroxylation sites is 1. The fourth-order valence-corrected chi connectivity index (χ4v) is 3.58. The SMILES string of the molecule is CNC(=O)CNc1nc(CN2C(=O)N(C)C(=O)C3C2N=CN3C)nc2ccccc12. The van der Waals surface area contributed by atoms with Crippen LogP contribution in [0.1, 0.15) is 5.82 Å². The van der Waals surface area contributed by atoms with Crippen LogP contribution in [0.4, 0.5) is 10.6 Å². The molecule has 4 amide bonds. The highest BCUT2D eigenvalue weighted by Gasteiger charge is 2.49. The summed E-state index contributed by atoms with van der Waals surface area (Å²) in [4.78, 5) is 54.7. The minimum Gasteiger partial charge on any atom is -0.360 e. The van der Waals surface area contributed by atoms with E-state index in [4.69, 9.17) is 0 Å². The van der Waals surface area contributed by atoms with Crippen molar-refractivity contribution in [3.63, 3.8) is 0 Å². The van der Waals surface area contributed by atoms with Crippen LogP contribution < -0.4 is 10.6 Å². The number of carbonyl (C=O) groups is 3. The molecule has 156 valence electrons. The van der Waals surface area contributed by atoms with Crippen molar-refractivity contribution in [1.29, 1.82) is 0 Å². The maximum absolute atomic E-state index is 12.8. The molecule has 11 nitrogen and oxygen atoms in total. The van der Waals surface area contributed by atoms with Gasteiger partial charge >= 0.3 is 6.03 Å². The molecule has 0 bridgehead atoms. The maximum Gasteiger partial charge on any atom is 0.328 e. The Morgan fingerprint density at radius 1 is 1.17 bits per heavy atom. The lowest BCUT2D eigenvalue weighted by Gasteiger charge is -2.40. The zero-order valence-corrected chi connectivity index (χ0v) is 16.9. The summed E-state index contributed by atoms with van der Waals surface area (Å²) in [7, 11) is 4.77. The molecule has 2 atom stereocenters. The Labute approximate surface area is 172 Å². The predicted molar refractivity (Wildman–Crippen MR) is 110 cm³/mol. The van der Waals surface area contributed by atoms with Crippen molar-refractivity contribution in [3.8, 4) is 0 Å². The van der Waals surface area contributed by atoms with Crippen LogP contribution in [0.2, 0.25) is 0 Å². The second-order valence-electron chi connectivity index (χ2n) is 7.13. The van der Waals surface area contributed by atoms with Crippen LogP contribution in [0.3, 0.4) is 0 Å². The monoisotopic (exact) mass is 410 g/mol. The molecule has 2 aliphatic heterocycles. The van der Waals surface area contributed by atoms with E-state index < -0.39 is 18.2 Å². The molecule has 4 rings (SSSR count). The van der Waals surface area contributed by atoms with Gasteiger partial charge in [-0.2, -0.15) is 0 Å². The minimum absolute atomic E-state index is 0.0522. The van der Waals surface area contributed by atoms with Gasteiger partial charge in [-0.15, -0.1) is 0 Å². The largest absolute Gasteiger partial charge is 0.360 e. The van der Waals surface area contributed by atoms with E-state index in [1.807, 2.05) is 24.3 Å². The molecule has 1 aromatic heterocycles. The molecular weight excluding hydrogens is 388 g/mol. The number of aromatic nitrogens is 2. The highest BCUT2D eigenvalue weighted by molar-refractivity contribution is 6.01. The number of carbonyl (C=O) groups excluding carboxylic acids is 3. The first-order valence-corrected chi connectivity index (χ1v) is 9.44. The number of aliphatic imine (C=N–C) groups is 1. The first-order valence-electron chi connectivity index (χ1n) is 9.44. The number of nitrogens with zero attached hydrogens (tertiary/aromatic N) is 6. The number of anilines is 1. The fourth-order valence-electron chi connectivity index (χ4n) is 3.58. The summed E-state index contributed by atoms with van der Waals surface area (Å²) in [6, 6.07) is 6.38. The summed E-state index contributed by atoms with van der Waals surface area (Å²) in [6.07, 6.45) is 0.924. The molecule has 2 aromatic rings. The van der Waals surface area contributed by atoms with Crippen molar-refractivity contribution < 1.29 is 14.4 Å². The maximum atomic E-state index is 12.8. The van der Waals surface area contributed by atoms with E-state index >= 15 is 0 Å². The van der Waals surface area contributed by atoms with Gasteiger partial charge in [0.25, 0.3) is 5.91 Å². The van der Waals surface area contributed by atoms with Crippen molar-refractivity contribution in [2.75, 3.05) is 33.0 Å². The average molecular weight is 410 g/mol. The zero-order chi connectivity index (χ0) is 21.4. The van der Waals surface area contributed by atoms with E-state index in [9.17, 15) is 14.4 Å². The van der Waals surface area contributed by atoms with Crippen LogP contribution in [0.15, 0.2) is 29.3 Å². The van der Waals surface area contributed by atoms with Gasteiger partial charge in [0.05, 0.1) is 24.9 Å². The number of likely N-dealkylation sites (N-methyl/N-ethyl adjacent to an activating group) is 3. The first kappa shape index (κ1) is 19.6. The van der Waals surface area contributed by atoms with Gasteiger partial charge in [0.2, 0.25) is 5.91 Å². The lowest BCUT2D eigenvalue weighted by atomic mass is 10.1. The van der Waals surface area contributed by atoms with E-state index in [2.05, 4.69) is 25.6 Å². The molecule has 2 unspecified atom stereocenters. The summed E-state index contributed by atoms with van der Waals surface area (Å²) in [5.74, 6) is 0.398. The summed E-state index contributed by atoms with van der Waals surface area (Å²) in [5, 5.41) is 6.34. The Balaban J connectivity index is 1.67. The summed E-state index contributed by atoms with van der Waals surface area (Å²) in [5.41, 5.74) is 0.680. The molecule has 0 radical (unpaired) electrons. The number of imide groups is 1. The molecule has 2 aliphatic rings. The number of urea groups is 1. The van der Waals surface area contributed by atoms with Gasteiger partial charge < -0.3 is 15.5 Å². The van der Waals surface area contributed by atoms with E-state index in [1.165, 1.54) is 11.9 Å². The van der Waals surface area contributed by atoms with Gasteiger partial charge in [0, 0.05) is 26.5 Å². The average Bonchev–Trinajstić information content (AvgIpc) is 3.14. The lowest BCUT2D eigenvalue weighted by Crippen LogP contribution is -2.63. The predicted octanol–water partition coefficient (Wildman–Crippen LogP) is -0.150. The van der Waals surface area contributed by atoms with Crippen LogP contribution in [0, 0.1) is 0 Å². The van der Waals surface area contributed by atoms with Crippen LogP contribution in [0.5, 0.6) is 0 Å². The van der Waals surface area contributed by atoms with E-state index in [1.54, 1.807) is 25.3 Å². The third kappa shape index (κ3) is 3.27. The lowest BCUT2D eigenvalue weighted by molar-refractivity contribution is -0.136. The fraction of sp³-hybridized carbons (Fsp3) is 0.368. The molecule has 0 spiro atoms. The number of hydrogen-bond donors (Lipinski definition) is 2. The smallest absolute Gasteiger partial charge is 0.328 e. The van der Waals surface area contributed by atoms with E-state index in [0.29, 0.717) is 17.2 Å². The van der Waals surface area contributed by atoms with Crippen molar-refractivity contribution in [2.45, 2.75) is 18.8 Å². The second kappa shape index (κ2) is 7.58. The second-order valence-corrected chi connectivity index (χ2v) is 7.13. The Morgan fingerprint density at radius 3 is 2.70 bits per heavy atom. The molecule has 1 fully saturated rings. The van der Waals surface area contributed by atoms with Gasteiger partial charge in [-0.1, -0.05) is 12.1 Å². The number of amides is 4. The molecule has 0 saturated carbocycles. The van der Waals surface area contributed by atoms with Gasteiger partial charge in [0.15, 0.2) is 18.0 Å². The van der Waals surface area contributed by atoms with E-state index in [0.717, 1.165) is 10.3 Å². The number of benzene rings is 1. The zero-order valence-electron chi connectivity index (χ0n) is 16.9. The molecular formula is C19H22N8O3. The van der Waals surface area contributed by atoms with Crippen molar-refractivity contribution in [1.82, 2.24) is 30.0 Å². The third-order valence-corrected chi connectivity index (χ3v) is 5.21. The molecule has 1 saturated heterocycles. The number of nitrogens with one attached hydrogen (secondary N) is 2. The minimum atomic E-state index is -0.636. The van der Waals surface area contributed by atoms with Gasteiger partial charge in [0.1, 0.15) is 5.82 Å². The molecule has 30 heavy (non-hydrogen) atoms. The van der Waals surface area contributed by atoms with Crippen LogP contribution >= 0.6 is 0 Å². The molecule has 11 heteroatoms. The molecule has 3 heterocycles. The highest BCUT2D eigenvalue weighted by Crippen LogP contribution is 2.27. The molecule has 2 N–H and O–H groups in total. The van der Waals surface area contributed by atoms with Crippen molar-refractivity contribution in [2.24, 2.45) is 4.99 Å². The Bertz CT molecular complexity index is 1060. The topological polar surface area (TPSA) is 123 Å². The van der Waals surface area contributed by atoms with Crippen LogP contribution in [-0.2, 0) is 16.1 Å². The summed E-state index contributed by atoms with van der Waals surface area (Å²) < 4.78 is 0. The van der Waals surface area contributed by atoms with Crippen molar-refractivity contribution in [3.05, 3.63) is 30.1 Å². The molecule has 0 aliphatic carbocycles. The Hall–Kier alpha value is -3.76. The Morgan fingerprint density at radius 2 is 1.93 bits per heavy atom. The van der Waals surface area contributed by atoms with Crippen molar-refractivity contribution >= 4 is 40.9 Å². The standard InChI is InChI=1S/C19H22N8O3/c1-20-14(28)8-21-16-11-6-4-5-7-12(11)23-13(24-16)9-27-17-15(25(2)10-22-17)18(29)26(3)19(27)30/h4-7,10,15,17H,8-9H2,1-3H3,(H,20,28)(H,21,23,24). The Kier molecular flexibility index (Phi) is 4.94. The normalized spacial score (nSPS) is 20.7. The number of hydrogen-bond acceptors (Lipinski definition) is 8. The third-order valence-electron chi connectivity index (χ3n) is 5.21. The van der Waals surface area contributed by atoms with Crippen LogP contribution in [-0.4, -0.2) is 88.7 Å². The van der Waals surface area contributed by atoms with Gasteiger partial charge in [-0.25, -0.2) is 19.8 Å². The number of rotatable bonds is 5. The van der Waals surface area contributed by atoms with E-state index in [-0.39, 0.29) is 24.9 Å². The van der Waals surface area contributed by atoms with Gasteiger partial charge in [-0.3, -0.25) is 19.4 Å². The summed E-state index contributed by atoms with van der Waals surface area (Å²) >= 11 is 0. The highest BCUT2D eigenvalue weighted by atomic mass is 16.2. The van der Waals surface area contributed by atoms with Crippen LogP contribution in [0.25, 0.3) is 10.9 Å². The number of fused-ring (bicyclic) bond motifs is 2. The quantitative estimate of drug-likeness (QED) is 0.703. The van der Waals surface area contributed by atoms with Gasteiger partial charge in [-0.05, 0) is 12.1 Å². The summed E-state index contributed by atoms with van der Waals surface area (Å²) in [6.45, 7) is 0.124.